The molecule has 2 N–H and O–H groups in total. The zero-order valence-electron chi connectivity index (χ0n) is 20.4. The van der Waals surface area contributed by atoms with Gasteiger partial charge in [0.25, 0.3) is 11.8 Å². The molecule has 1 atom stereocenters. The Hall–Kier alpha value is -3.66. The third-order valence-corrected chi connectivity index (χ3v) is 6.36. The smallest absolute Gasteiger partial charge is 0.254 e. The Morgan fingerprint density at radius 3 is 2.69 bits per heavy atom. The van der Waals surface area contributed by atoms with Crippen molar-refractivity contribution in [2.45, 2.75) is 40.2 Å². The minimum atomic E-state index is -0.520. The Kier molecular flexibility index (Phi) is 6.93. The lowest BCUT2D eigenvalue weighted by Crippen LogP contribution is -2.36. The SMILES string of the molecule is CC1=CC(C)=NC(=O)C1CNC(=O)c1cc(C2=CCN(C(=O)CO)CC2)nc2c1cnn2C(C)C. The number of carbonyl (C=O) groups is 3. The van der Waals surface area contributed by atoms with Gasteiger partial charge in [-0.15, -0.1) is 0 Å². The lowest BCUT2D eigenvalue weighted by molar-refractivity contribution is -0.133. The summed E-state index contributed by atoms with van der Waals surface area (Å²) in [6, 6.07) is 1.78. The van der Waals surface area contributed by atoms with Crippen LogP contribution in [0, 0.1) is 5.92 Å². The highest BCUT2D eigenvalue weighted by Gasteiger charge is 2.26. The molecule has 2 aliphatic heterocycles. The van der Waals surface area contributed by atoms with Gasteiger partial charge in [-0.05, 0) is 51.8 Å². The van der Waals surface area contributed by atoms with Gasteiger partial charge in [0.1, 0.15) is 6.61 Å². The fourth-order valence-electron chi connectivity index (χ4n) is 4.42. The van der Waals surface area contributed by atoms with E-state index in [4.69, 9.17) is 10.1 Å². The van der Waals surface area contributed by atoms with Crippen LogP contribution in [-0.2, 0) is 9.59 Å². The molecule has 184 valence electrons. The zero-order valence-corrected chi connectivity index (χ0v) is 20.4. The summed E-state index contributed by atoms with van der Waals surface area (Å²) in [4.78, 5) is 47.9. The highest BCUT2D eigenvalue weighted by molar-refractivity contribution is 6.07. The van der Waals surface area contributed by atoms with E-state index < -0.39 is 12.5 Å². The van der Waals surface area contributed by atoms with Crippen LogP contribution in [-0.4, -0.2) is 74.4 Å². The van der Waals surface area contributed by atoms with Crippen LogP contribution in [0.1, 0.15) is 56.2 Å². The number of pyridine rings is 1. The fraction of sp³-hybridized carbons (Fsp3) is 0.440. The van der Waals surface area contributed by atoms with E-state index in [-0.39, 0.29) is 30.3 Å². The number of rotatable bonds is 6. The Morgan fingerprint density at radius 2 is 2.06 bits per heavy atom. The molecule has 2 aliphatic rings. The van der Waals surface area contributed by atoms with Gasteiger partial charge in [-0.1, -0.05) is 11.6 Å². The Morgan fingerprint density at radius 1 is 1.29 bits per heavy atom. The summed E-state index contributed by atoms with van der Waals surface area (Å²) < 4.78 is 1.77. The largest absolute Gasteiger partial charge is 0.387 e. The van der Waals surface area contributed by atoms with Crippen LogP contribution in [0.3, 0.4) is 0 Å². The van der Waals surface area contributed by atoms with Crippen molar-refractivity contribution in [2.24, 2.45) is 10.9 Å². The molecule has 2 aromatic rings. The molecule has 10 heteroatoms. The normalized spacial score (nSPS) is 18.5. The Balaban J connectivity index is 1.65. The number of aliphatic hydroxyl groups is 1. The van der Waals surface area contributed by atoms with Crippen LogP contribution in [0.25, 0.3) is 16.6 Å². The number of aliphatic imine (C=N–C) groups is 1. The number of aliphatic hydroxyl groups excluding tert-OH is 1. The number of aromatic nitrogens is 3. The first-order valence-electron chi connectivity index (χ1n) is 11.7. The molecule has 0 radical (unpaired) electrons. The van der Waals surface area contributed by atoms with Gasteiger partial charge in [0.05, 0.1) is 28.8 Å². The summed E-state index contributed by atoms with van der Waals surface area (Å²) >= 11 is 0. The number of amides is 3. The second-order valence-corrected chi connectivity index (χ2v) is 9.19. The summed E-state index contributed by atoms with van der Waals surface area (Å²) in [6.07, 6.45) is 5.95. The minimum absolute atomic E-state index is 0.0397. The highest BCUT2D eigenvalue weighted by atomic mass is 16.3. The second-order valence-electron chi connectivity index (χ2n) is 9.19. The van der Waals surface area contributed by atoms with Gasteiger partial charge in [0, 0.05) is 31.4 Å². The summed E-state index contributed by atoms with van der Waals surface area (Å²) in [7, 11) is 0. The molecule has 35 heavy (non-hydrogen) atoms. The van der Waals surface area contributed by atoms with E-state index in [1.54, 1.807) is 28.8 Å². The van der Waals surface area contributed by atoms with Crippen LogP contribution in [0.5, 0.6) is 0 Å². The molecule has 10 nitrogen and oxygen atoms in total. The van der Waals surface area contributed by atoms with Crippen LogP contribution in [0.2, 0.25) is 0 Å². The van der Waals surface area contributed by atoms with Gasteiger partial charge in [0.2, 0.25) is 5.91 Å². The molecule has 0 fully saturated rings. The van der Waals surface area contributed by atoms with Crippen LogP contribution in [0.15, 0.2) is 35.0 Å². The molecule has 4 rings (SSSR count). The van der Waals surface area contributed by atoms with Gasteiger partial charge in [-0.2, -0.15) is 5.10 Å². The molecule has 3 amide bonds. The van der Waals surface area contributed by atoms with E-state index in [2.05, 4.69) is 15.4 Å². The van der Waals surface area contributed by atoms with E-state index in [9.17, 15) is 14.4 Å². The standard InChI is InChI=1S/C25H30N6O4/c1-14(2)31-23-20(12-27-31)18(24(34)26-11-19-15(3)9-16(4)28-25(19)35)10-21(29-23)17-5-7-30(8-6-17)22(33)13-32/h5,9-10,12,14,19,32H,6-8,11,13H2,1-4H3,(H,26,34). The van der Waals surface area contributed by atoms with Crippen molar-refractivity contribution in [1.82, 2.24) is 25.0 Å². The van der Waals surface area contributed by atoms with Crippen molar-refractivity contribution >= 4 is 40.0 Å². The van der Waals surface area contributed by atoms with E-state index in [0.29, 0.717) is 47.5 Å². The minimum Gasteiger partial charge on any atom is -0.387 e. The predicted molar refractivity (Wildman–Crippen MR) is 132 cm³/mol. The molecular weight excluding hydrogens is 448 g/mol. The summed E-state index contributed by atoms with van der Waals surface area (Å²) in [5.41, 5.74) is 4.12. The Bertz CT molecular complexity index is 1290. The number of hydrogen-bond acceptors (Lipinski definition) is 6. The lowest BCUT2D eigenvalue weighted by atomic mass is 9.95. The maximum absolute atomic E-state index is 13.3. The van der Waals surface area contributed by atoms with Crippen molar-refractivity contribution in [3.63, 3.8) is 0 Å². The van der Waals surface area contributed by atoms with Gasteiger partial charge < -0.3 is 15.3 Å². The van der Waals surface area contributed by atoms with E-state index in [1.165, 1.54) is 0 Å². The van der Waals surface area contributed by atoms with E-state index in [0.717, 1.165) is 11.1 Å². The van der Waals surface area contributed by atoms with Crippen molar-refractivity contribution in [2.75, 3.05) is 26.2 Å². The van der Waals surface area contributed by atoms with Crippen LogP contribution in [0.4, 0.5) is 0 Å². The molecule has 4 heterocycles. The van der Waals surface area contributed by atoms with Crippen molar-refractivity contribution in [3.05, 3.63) is 41.2 Å². The van der Waals surface area contributed by atoms with E-state index in [1.807, 2.05) is 32.9 Å². The highest BCUT2D eigenvalue weighted by Crippen LogP contribution is 2.27. The maximum Gasteiger partial charge on any atom is 0.254 e. The topological polar surface area (TPSA) is 130 Å². The van der Waals surface area contributed by atoms with Crippen LogP contribution < -0.4 is 5.32 Å². The second kappa shape index (κ2) is 9.91. The molecule has 0 aromatic carbocycles. The molecule has 0 saturated carbocycles. The number of hydrogen-bond donors (Lipinski definition) is 2. The number of carbonyl (C=O) groups excluding carboxylic acids is 3. The van der Waals surface area contributed by atoms with Gasteiger partial charge >= 0.3 is 0 Å². The summed E-state index contributed by atoms with van der Waals surface area (Å²) in [6.45, 7) is 8.08. The van der Waals surface area contributed by atoms with Crippen molar-refractivity contribution in [3.8, 4) is 0 Å². The molecule has 1 unspecified atom stereocenters. The first-order valence-corrected chi connectivity index (χ1v) is 11.7. The van der Waals surface area contributed by atoms with E-state index >= 15 is 0 Å². The molecule has 0 spiro atoms. The van der Waals surface area contributed by atoms with Crippen molar-refractivity contribution < 1.29 is 19.5 Å². The first kappa shape index (κ1) is 24.5. The third kappa shape index (κ3) is 4.93. The maximum atomic E-state index is 13.3. The quantitative estimate of drug-likeness (QED) is 0.652. The number of nitrogens with zero attached hydrogens (tertiary/aromatic N) is 5. The van der Waals surface area contributed by atoms with Gasteiger partial charge in [-0.3, -0.25) is 14.4 Å². The Labute approximate surface area is 203 Å². The molecule has 0 bridgehead atoms. The summed E-state index contributed by atoms with van der Waals surface area (Å²) in [5, 5.41) is 17.1. The number of fused-ring (bicyclic) bond motifs is 1. The molecule has 0 saturated heterocycles. The fourth-order valence-corrected chi connectivity index (χ4v) is 4.42. The number of dihydropyridines is 1. The molecule has 0 aliphatic carbocycles. The van der Waals surface area contributed by atoms with Gasteiger partial charge in [0.15, 0.2) is 5.65 Å². The first-order chi connectivity index (χ1) is 16.7. The average molecular weight is 479 g/mol. The average Bonchev–Trinajstić information content (AvgIpc) is 3.26. The summed E-state index contributed by atoms with van der Waals surface area (Å²) in [5.74, 6) is -1.38. The van der Waals surface area contributed by atoms with Crippen molar-refractivity contribution in [1.29, 1.82) is 0 Å². The number of allylic oxidation sites excluding steroid dienone is 1. The predicted octanol–water partition coefficient (Wildman–Crippen LogP) is 1.91. The molecular formula is C25H30N6O4. The molecule has 2 aromatic heterocycles. The van der Waals surface area contributed by atoms with Crippen LogP contribution >= 0.6 is 0 Å². The van der Waals surface area contributed by atoms with Gasteiger partial charge in [-0.25, -0.2) is 14.7 Å². The lowest BCUT2D eigenvalue weighted by Gasteiger charge is -2.26. The number of nitrogens with one attached hydrogen (secondary N) is 1. The monoisotopic (exact) mass is 478 g/mol. The zero-order chi connectivity index (χ0) is 25.3. The third-order valence-electron chi connectivity index (χ3n) is 6.36.